The van der Waals surface area contributed by atoms with Crippen LogP contribution in [0.3, 0.4) is 0 Å². The van der Waals surface area contributed by atoms with Crippen LogP contribution in [0.1, 0.15) is 34.1 Å². The highest BCUT2D eigenvalue weighted by Gasteiger charge is 2.19. The number of carbonyl (C=O) groups excluding carboxylic acids is 1. The van der Waals surface area contributed by atoms with Crippen molar-refractivity contribution in [1.82, 2.24) is 5.32 Å². The van der Waals surface area contributed by atoms with Gasteiger partial charge in [0.1, 0.15) is 0 Å². The van der Waals surface area contributed by atoms with Gasteiger partial charge in [0.15, 0.2) is 0 Å². The molecular formula is C13H28N2O2. The lowest BCUT2D eigenvalue weighted by Gasteiger charge is -2.18. The highest BCUT2D eigenvalue weighted by atomic mass is 16.5. The summed E-state index contributed by atoms with van der Waals surface area (Å²) < 4.78 is 5.42. The number of nitrogens with two attached hydrogens (primary N) is 1. The molecule has 0 bridgehead atoms. The summed E-state index contributed by atoms with van der Waals surface area (Å²) in [7, 11) is 0. The van der Waals surface area contributed by atoms with Crippen LogP contribution in [0.25, 0.3) is 0 Å². The number of ether oxygens (including phenoxy) is 1. The maximum Gasteiger partial charge on any atom is 0.224 e. The van der Waals surface area contributed by atoms with E-state index in [4.69, 9.17) is 10.5 Å². The van der Waals surface area contributed by atoms with Gasteiger partial charge in [0, 0.05) is 19.7 Å². The van der Waals surface area contributed by atoms with Gasteiger partial charge in [-0.15, -0.1) is 0 Å². The topological polar surface area (TPSA) is 64.3 Å². The van der Waals surface area contributed by atoms with E-state index in [1.807, 2.05) is 13.8 Å². The first-order chi connectivity index (χ1) is 7.99. The van der Waals surface area contributed by atoms with Crippen LogP contribution >= 0.6 is 0 Å². The Morgan fingerprint density at radius 2 is 1.88 bits per heavy atom. The van der Waals surface area contributed by atoms with E-state index in [0.717, 1.165) is 13.0 Å². The summed E-state index contributed by atoms with van der Waals surface area (Å²) in [6.45, 7) is 10.7. The van der Waals surface area contributed by atoms with Crippen LogP contribution < -0.4 is 11.1 Å². The zero-order valence-corrected chi connectivity index (χ0v) is 11.7. The van der Waals surface area contributed by atoms with Gasteiger partial charge in [-0.3, -0.25) is 4.79 Å². The molecule has 0 aliphatic heterocycles. The molecular weight excluding hydrogens is 216 g/mol. The molecule has 0 rings (SSSR count). The lowest BCUT2D eigenvalue weighted by Crippen LogP contribution is -2.39. The summed E-state index contributed by atoms with van der Waals surface area (Å²) >= 11 is 0. The Kier molecular flexibility index (Phi) is 9.09. The number of amides is 1. The Balaban J connectivity index is 3.57. The lowest BCUT2D eigenvalue weighted by atomic mass is 9.95. The fraction of sp³-hybridized carbons (Fsp3) is 0.923. The van der Waals surface area contributed by atoms with Gasteiger partial charge in [-0.1, -0.05) is 27.7 Å². The Labute approximate surface area is 105 Å². The molecule has 3 N–H and O–H groups in total. The molecule has 4 nitrogen and oxygen atoms in total. The second kappa shape index (κ2) is 9.42. The SMILES string of the molecule is CC(C)CCOCCNC(=O)C(CN)C(C)C. The Hall–Kier alpha value is -0.610. The molecule has 17 heavy (non-hydrogen) atoms. The molecule has 0 aromatic heterocycles. The van der Waals surface area contributed by atoms with E-state index in [-0.39, 0.29) is 17.7 Å². The molecule has 0 fully saturated rings. The van der Waals surface area contributed by atoms with Gasteiger partial charge in [-0.25, -0.2) is 0 Å². The first kappa shape index (κ1) is 16.4. The molecule has 0 spiro atoms. The summed E-state index contributed by atoms with van der Waals surface area (Å²) in [6, 6.07) is 0. The van der Waals surface area contributed by atoms with Crippen molar-refractivity contribution in [1.29, 1.82) is 0 Å². The van der Waals surface area contributed by atoms with Crippen LogP contribution in [0, 0.1) is 17.8 Å². The molecule has 0 aromatic rings. The first-order valence-corrected chi connectivity index (χ1v) is 6.54. The van der Waals surface area contributed by atoms with Crippen LogP contribution in [0.2, 0.25) is 0 Å². The third-order valence-corrected chi connectivity index (χ3v) is 2.78. The van der Waals surface area contributed by atoms with Crippen molar-refractivity contribution < 1.29 is 9.53 Å². The largest absolute Gasteiger partial charge is 0.380 e. The molecule has 1 amide bonds. The summed E-state index contributed by atoms with van der Waals surface area (Å²) in [4.78, 5) is 11.7. The second-order valence-corrected chi connectivity index (χ2v) is 5.17. The Morgan fingerprint density at radius 3 is 2.35 bits per heavy atom. The minimum atomic E-state index is -0.0920. The maximum absolute atomic E-state index is 11.7. The minimum absolute atomic E-state index is 0.0370. The molecule has 1 atom stereocenters. The summed E-state index contributed by atoms with van der Waals surface area (Å²) in [5, 5.41) is 2.86. The van der Waals surface area contributed by atoms with E-state index < -0.39 is 0 Å². The maximum atomic E-state index is 11.7. The van der Waals surface area contributed by atoms with Crippen molar-refractivity contribution >= 4 is 5.91 Å². The summed E-state index contributed by atoms with van der Waals surface area (Å²) in [5.41, 5.74) is 5.57. The third kappa shape index (κ3) is 8.16. The molecule has 0 saturated heterocycles. The highest BCUT2D eigenvalue weighted by molar-refractivity contribution is 5.79. The number of hydrogen-bond acceptors (Lipinski definition) is 3. The fourth-order valence-corrected chi connectivity index (χ4v) is 1.48. The van der Waals surface area contributed by atoms with Gasteiger partial charge in [-0.05, 0) is 18.3 Å². The fourth-order valence-electron chi connectivity index (χ4n) is 1.48. The average Bonchev–Trinajstić information content (AvgIpc) is 2.23. The smallest absolute Gasteiger partial charge is 0.224 e. The van der Waals surface area contributed by atoms with E-state index >= 15 is 0 Å². The number of hydrogen-bond donors (Lipinski definition) is 2. The van der Waals surface area contributed by atoms with Crippen LogP contribution in [0.15, 0.2) is 0 Å². The van der Waals surface area contributed by atoms with Crippen molar-refractivity contribution in [2.45, 2.75) is 34.1 Å². The molecule has 0 saturated carbocycles. The van der Waals surface area contributed by atoms with Crippen LogP contribution in [-0.4, -0.2) is 32.2 Å². The quantitative estimate of drug-likeness (QED) is 0.603. The monoisotopic (exact) mass is 244 g/mol. The van der Waals surface area contributed by atoms with E-state index in [1.165, 1.54) is 0 Å². The van der Waals surface area contributed by atoms with Crippen molar-refractivity contribution in [2.75, 3.05) is 26.3 Å². The number of rotatable bonds is 9. The standard InChI is InChI=1S/C13H28N2O2/c1-10(2)5-7-17-8-6-15-13(16)12(9-14)11(3)4/h10-12H,5-9,14H2,1-4H3,(H,15,16). The van der Waals surface area contributed by atoms with Crippen molar-refractivity contribution in [3.05, 3.63) is 0 Å². The van der Waals surface area contributed by atoms with Crippen molar-refractivity contribution in [3.8, 4) is 0 Å². The Bertz CT molecular complexity index is 206. The average molecular weight is 244 g/mol. The number of carbonyl (C=O) groups is 1. The van der Waals surface area contributed by atoms with Gasteiger partial charge in [-0.2, -0.15) is 0 Å². The first-order valence-electron chi connectivity index (χ1n) is 6.54. The Morgan fingerprint density at radius 1 is 1.24 bits per heavy atom. The molecule has 0 heterocycles. The van der Waals surface area contributed by atoms with Crippen LogP contribution in [0.5, 0.6) is 0 Å². The molecule has 1 unspecified atom stereocenters. The minimum Gasteiger partial charge on any atom is -0.380 e. The highest BCUT2D eigenvalue weighted by Crippen LogP contribution is 2.08. The third-order valence-electron chi connectivity index (χ3n) is 2.78. The van der Waals surface area contributed by atoms with Crippen molar-refractivity contribution in [3.63, 3.8) is 0 Å². The van der Waals surface area contributed by atoms with E-state index in [9.17, 15) is 4.79 Å². The molecule has 0 aromatic carbocycles. The van der Waals surface area contributed by atoms with Gasteiger partial charge < -0.3 is 15.8 Å². The molecule has 0 radical (unpaired) electrons. The molecule has 0 aliphatic rings. The normalized spacial score (nSPS) is 13.1. The zero-order chi connectivity index (χ0) is 13.3. The van der Waals surface area contributed by atoms with E-state index in [0.29, 0.717) is 25.6 Å². The summed E-state index contributed by atoms with van der Waals surface area (Å²) in [6.07, 6.45) is 1.06. The predicted molar refractivity (Wildman–Crippen MR) is 70.7 cm³/mol. The van der Waals surface area contributed by atoms with Gasteiger partial charge in [0.05, 0.1) is 12.5 Å². The summed E-state index contributed by atoms with van der Waals surface area (Å²) in [5.74, 6) is 0.884. The van der Waals surface area contributed by atoms with Crippen molar-refractivity contribution in [2.24, 2.45) is 23.5 Å². The van der Waals surface area contributed by atoms with E-state index in [1.54, 1.807) is 0 Å². The zero-order valence-electron chi connectivity index (χ0n) is 11.7. The van der Waals surface area contributed by atoms with Crippen LogP contribution in [-0.2, 0) is 9.53 Å². The van der Waals surface area contributed by atoms with Gasteiger partial charge in [0.25, 0.3) is 0 Å². The lowest BCUT2D eigenvalue weighted by molar-refractivity contribution is -0.126. The second-order valence-electron chi connectivity index (χ2n) is 5.17. The molecule has 4 heteroatoms. The molecule has 0 aliphatic carbocycles. The predicted octanol–water partition coefficient (Wildman–Crippen LogP) is 1.40. The molecule has 102 valence electrons. The van der Waals surface area contributed by atoms with E-state index in [2.05, 4.69) is 19.2 Å². The van der Waals surface area contributed by atoms with Gasteiger partial charge >= 0.3 is 0 Å². The number of nitrogens with one attached hydrogen (secondary N) is 1. The van der Waals surface area contributed by atoms with Gasteiger partial charge in [0.2, 0.25) is 5.91 Å². The van der Waals surface area contributed by atoms with Crippen LogP contribution in [0.4, 0.5) is 0 Å².